The lowest BCUT2D eigenvalue weighted by molar-refractivity contribution is 0.112. The maximum Gasteiger partial charge on any atom is 0.153 e. The summed E-state index contributed by atoms with van der Waals surface area (Å²) in [7, 11) is 0. The first kappa shape index (κ1) is 9.07. The smallest absolute Gasteiger partial charge is 0.153 e. The zero-order chi connectivity index (χ0) is 8.97. The number of carbonyl (C=O) groups excluding carboxylic acids is 1. The largest absolute Gasteiger partial charge is 0.492 e. The van der Waals surface area contributed by atoms with E-state index >= 15 is 0 Å². The van der Waals surface area contributed by atoms with Crippen molar-refractivity contribution < 1.29 is 9.53 Å². The third-order valence-corrected chi connectivity index (χ3v) is 1.71. The molecule has 2 nitrogen and oxygen atoms in total. The van der Waals surface area contributed by atoms with E-state index in [1.54, 1.807) is 18.2 Å². The first-order valence-corrected chi connectivity index (χ1v) is 4.04. The average Bonchev–Trinajstić information content (AvgIpc) is 2.09. The Balaban J connectivity index is 3.10. The van der Waals surface area contributed by atoms with Crippen LogP contribution in [0.3, 0.4) is 0 Å². The third-order valence-electron chi connectivity index (χ3n) is 1.41. The summed E-state index contributed by atoms with van der Waals surface area (Å²) in [6, 6.07) is 5.08. The van der Waals surface area contributed by atoms with Gasteiger partial charge in [-0.25, -0.2) is 0 Å². The number of hydrogen-bond donors (Lipinski definition) is 0. The summed E-state index contributed by atoms with van der Waals surface area (Å²) < 4.78 is 5.20. The van der Waals surface area contributed by atoms with Crippen molar-refractivity contribution in [1.29, 1.82) is 0 Å². The van der Waals surface area contributed by atoms with Gasteiger partial charge in [0.1, 0.15) is 5.75 Å². The molecule has 3 heteroatoms. The van der Waals surface area contributed by atoms with Gasteiger partial charge in [0.2, 0.25) is 0 Å². The fourth-order valence-electron chi connectivity index (χ4n) is 0.915. The predicted molar refractivity (Wildman–Crippen MR) is 48.0 cm³/mol. The molecule has 0 N–H and O–H groups in total. The molecule has 64 valence electrons. The van der Waals surface area contributed by atoms with Gasteiger partial charge in [-0.15, -0.1) is 0 Å². The molecular weight excluding hydrogens is 176 g/mol. The van der Waals surface area contributed by atoms with Crippen LogP contribution in [0.15, 0.2) is 18.2 Å². The SMILES string of the molecule is CCOc1c(Cl)cccc1C=O. The van der Waals surface area contributed by atoms with E-state index < -0.39 is 0 Å². The molecule has 0 heterocycles. The topological polar surface area (TPSA) is 26.3 Å². The molecule has 0 aliphatic carbocycles. The van der Waals surface area contributed by atoms with E-state index in [2.05, 4.69) is 0 Å². The highest BCUT2D eigenvalue weighted by molar-refractivity contribution is 6.32. The van der Waals surface area contributed by atoms with Gasteiger partial charge >= 0.3 is 0 Å². The number of hydrogen-bond acceptors (Lipinski definition) is 2. The Labute approximate surface area is 76.1 Å². The van der Waals surface area contributed by atoms with Crippen LogP contribution in [0.1, 0.15) is 17.3 Å². The molecule has 0 radical (unpaired) electrons. The number of halogens is 1. The van der Waals surface area contributed by atoms with Gasteiger partial charge in [0.25, 0.3) is 0 Å². The molecule has 0 spiro atoms. The average molecular weight is 185 g/mol. The van der Waals surface area contributed by atoms with Crippen LogP contribution in [0.25, 0.3) is 0 Å². The normalized spacial score (nSPS) is 9.50. The number of rotatable bonds is 3. The molecule has 0 fully saturated rings. The van der Waals surface area contributed by atoms with E-state index in [4.69, 9.17) is 16.3 Å². The van der Waals surface area contributed by atoms with E-state index in [9.17, 15) is 4.79 Å². The highest BCUT2D eigenvalue weighted by atomic mass is 35.5. The molecule has 0 aromatic heterocycles. The fourth-order valence-corrected chi connectivity index (χ4v) is 1.15. The first-order chi connectivity index (χ1) is 5.79. The van der Waals surface area contributed by atoms with E-state index in [0.717, 1.165) is 6.29 Å². The van der Waals surface area contributed by atoms with E-state index in [0.29, 0.717) is 22.9 Å². The van der Waals surface area contributed by atoms with Gasteiger partial charge in [0, 0.05) is 0 Å². The summed E-state index contributed by atoms with van der Waals surface area (Å²) in [6.45, 7) is 2.35. The Morgan fingerprint density at radius 1 is 1.58 bits per heavy atom. The highest BCUT2D eigenvalue weighted by Gasteiger charge is 2.05. The van der Waals surface area contributed by atoms with Gasteiger partial charge in [-0.3, -0.25) is 4.79 Å². The molecule has 0 aliphatic heterocycles. The van der Waals surface area contributed by atoms with Gasteiger partial charge in [-0.2, -0.15) is 0 Å². The van der Waals surface area contributed by atoms with Gasteiger partial charge in [-0.1, -0.05) is 17.7 Å². The van der Waals surface area contributed by atoms with E-state index in [1.807, 2.05) is 6.92 Å². The van der Waals surface area contributed by atoms with Crippen LogP contribution in [-0.2, 0) is 0 Å². The second-order valence-electron chi connectivity index (χ2n) is 2.21. The lowest BCUT2D eigenvalue weighted by atomic mass is 10.2. The summed E-state index contributed by atoms with van der Waals surface area (Å²) >= 11 is 5.80. The Bertz CT molecular complexity index is 284. The Hall–Kier alpha value is -1.02. The predicted octanol–water partition coefficient (Wildman–Crippen LogP) is 2.55. The first-order valence-electron chi connectivity index (χ1n) is 3.66. The van der Waals surface area contributed by atoms with Crippen molar-refractivity contribution in [3.8, 4) is 5.75 Å². The van der Waals surface area contributed by atoms with E-state index in [-0.39, 0.29) is 0 Å². The molecule has 1 aromatic rings. The minimum atomic E-state index is 0.469. The van der Waals surface area contributed by atoms with Crippen molar-refractivity contribution in [3.05, 3.63) is 28.8 Å². The van der Waals surface area contributed by atoms with Crippen LogP contribution in [0.2, 0.25) is 5.02 Å². The Kier molecular flexibility index (Phi) is 3.11. The number of carbonyl (C=O) groups is 1. The molecule has 12 heavy (non-hydrogen) atoms. The number of para-hydroxylation sites is 1. The van der Waals surface area contributed by atoms with Crippen molar-refractivity contribution in [1.82, 2.24) is 0 Å². The van der Waals surface area contributed by atoms with Crippen LogP contribution < -0.4 is 4.74 Å². The fraction of sp³-hybridized carbons (Fsp3) is 0.222. The highest BCUT2D eigenvalue weighted by Crippen LogP contribution is 2.27. The monoisotopic (exact) mass is 184 g/mol. The molecule has 0 saturated carbocycles. The Morgan fingerprint density at radius 2 is 2.33 bits per heavy atom. The zero-order valence-corrected chi connectivity index (χ0v) is 7.47. The summed E-state index contributed by atoms with van der Waals surface area (Å²) in [5.41, 5.74) is 0.490. The van der Waals surface area contributed by atoms with Crippen molar-refractivity contribution in [2.45, 2.75) is 6.92 Å². The van der Waals surface area contributed by atoms with Crippen LogP contribution in [0.4, 0.5) is 0 Å². The third kappa shape index (κ3) is 1.77. The molecule has 0 amide bonds. The molecule has 1 aromatic carbocycles. The van der Waals surface area contributed by atoms with Gasteiger partial charge in [-0.05, 0) is 19.1 Å². The second kappa shape index (κ2) is 4.12. The lowest BCUT2D eigenvalue weighted by Gasteiger charge is -2.06. The summed E-state index contributed by atoms with van der Waals surface area (Å²) in [6.07, 6.45) is 0.733. The Morgan fingerprint density at radius 3 is 2.92 bits per heavy atom. The maximum absolute atomic E-state index is 10.5. The number of aldehydes is 1. The lowest BCUT2D eigenvalue weighted by Crippen LogP contribution is -1.96. The summed E-state index contributed by atoms with van der Waals surface area (Å²) in [5, 5.41) is 0.474. The molecule has 0 bridgehead atoms. The quantitative estimate of drug-likeness (QED) is 0.675. The summed E-state index contributed by atoms with van der Waals surface area (Å²) in [5.74, 6) is 0.469. The zero-order valence-electron chi connectivity index (χ0n) is 6.71. The van der Waals surface area contributed by atoms with Crippen molar-refractivity contribution in [2.24, 2.45) is 0 Å². The van der Waals surface area contributed by atoms with Crippen molar-refractivity contribution >= 4 is 17.9 Å². The van der Waals surface area contributed by atoms with Crippen LogP contribution >= 0.6 is 11.6 Å². The van der Waals surface area contributed by atoms with Crippen LogP contribution in [0.5, 0.6) is 5.75 Å². The maximum atomic E-state index is 10.5. The van der Waals surface area contributed by atoms with Gasteiger partial charge in [0.05, 0.1) is 17.2 Å². The van der Waals surface area contributed by atoms with Crippen LogP contribution in [0, 0.1) is 0 Å². The molecule has 0 aliphatic rings. The summed E-state index contributed by atoms with van der Waals surface area (Å²) in [4.78, 5) is 10.5. The molecule has 0 saturated heterocycles. The standard InChI is InChI=1S/C9H9ClO2/c1-2-12-9-7(6-11)4-3-5-8(9)10/h3-6H,2H2,1H3. The minimum Gasteiger partial charge on any atom is -0.492 e. The molecule has 1 rings (SSSR count). The second-order valence-corrected chi connectivity index (χ2v) is 2.62. The molecule has 0 unspecified atom stereocenters. The number of benzene rings is 1. The molecule has 0 atom stereocenters. The van der Waals surface area contributed by atoms with Gasteiger partial charge in [0.15, 0.2) is 6.29 Å². The van der Waals surface area contributed by atoms with Crippen molar-refractivity contribution in [3.63, 3.8) is 0 Å². The van der Waals surface area contributed by atoms with Crippen molar-refractivity contribution in [2.75, 3.05) is 6.61 Å². The molecular formula is C9H9ClO2. The minimum absolute atomic E-state index is 0.469. The number of ether oxygens (including phenoxy) is 1. The van der Waals surface area contributed by atoms with Gasteiger partial charge < -0.3 is 4.74 Å². The van der Waals surface area contributed by atoms with E-state index in [1.165, 1.54) is 0 Å². The van der Waals surface area contributed by atoms with Crippen LogP contribution in [-0.4, -0.2) is 12.9 Å².